The summed E-state index contributed by atoms with van der Waals surface area (Å²) < 4.78 is 44.2. The number of morpholine rings is 1. The van der Waals surface area contributed by atoms with E-state index in [1.807, 2.05) is 0 Å². The Kier molecular flexibility index (Phi) is 4.28. The van der Waals surface area contributed by atoms with Crippen LogP contribution in [0.25, 0.3) is 0 Å². The summed E-state index contributed by atoms with van der Waals surface area (Å²) in [7, 11) is -4.15. The first-order valence-electron chi connectivity index (χ1n) is 5.62. The molecule has 1 saturated heterocycles. The first-order valence-corrected chi connectivity index (χ1v) is 7.44. The van der Waals surface area contributed by atoms with Gasteiger partial charge in [0.05, 0.1) is 18.2 Å². The van der Waals surface area contributed by atoms with Gasteiger partial charge in [-0.15, -0.1) is 0 Å². The van der Waals surface area contributed by atoms with E-state index < -0.39 is 32.8 Å². The van der Waals surface area contributed by atoms with Gasteiger partial charge in [0, 0.05) is 6.54 Å². The fourth-order valence-corrected chi connectivity index (χ4v) is 3.56. The summed E-state index contributed by atoms with van der Waals surface area (Å²) in [4.78, 5) is 10.3. The van der Waals surface area contributed by atoms with E-state index in [0.717, 1.165) is 10.4 Å². The second-order valence-corrected chi connectivity index (χ2v) is 6.43. The zero-order chi connectivity index (χ0) is 14.9. The Morgan fingerprint density at radius 1 is 1.50 bits per heavy atom. The number of benzene rings is 1. The van der Waals surface area contributed by atoms with Crippen molar-refractivity contribution in [3.05, 3.63) is 29.0 Å². The lowest BCUT2D eigenvalue weighted by Gasteiger charge is -2.30. The van der Waals surface area contributed by atoms with Crippen LogP contribution in [0.1, 0.15) is 0 Å². The maximum Gasteiger partial charge on any atom is 0.334 e. The van der Waals surface area contributed by atoms with Crippen molar-refractivity contribution in [2.75, 3.05) is 19.7 Å². The highest BCUT2D eigenvalue weighted by atomic mass is 35.5. The fourth-order valence-electron chi connectivity index (χ4n) is 1.82. The number of carbonyl (C=O) groups is 1. The molecule has 1 fully saturated rings. The van der Waals surface area contributed by atoms with Crippen molar-refractivity contribution in [2.24, 2.45) is 0 Å². The van der Waals surface area contributed by atoms with Crippen LogP contribution in [0.3, 0.4) is 0 Å². The van der Waals surface area contributed by atoms with Crippen molar-refractivity contribution in [1.29, 1.82) is 0 Å². The van der Waals surface area contributed by atoms with Gasteiger partial charge in [0.1, 0.15) is 4.90 Å². The Morgan fingerprint density at radius 2 is 2.20 bits per heavy atom. The van der Waals surface area contributed by atoms with E-state index in [-0.39, 0.29) is 24.7 Å². The molecule has 110 valence electrons. The molecule has 1 aromatic carbocycles. The summed E-state index contributed by atoms with van der Waals surface area (Å²) in [6, 6.07) is 3.63. The molecule has 1 atom stereocenters. The summed E-state index contributed by atoms with van der Waals surface area (Å²) >= 11 is 5.56. The molecule has 0 aliphatic carbocycles. The zero-order valence-corrected chi connectivity index (χ0v) is 11.7. The molecule has 0 aromatic heterocycles. The van der Waals surface area contributed by atoms with Gasteiger partial charge in [0.15, 0.2) is 11.9 Å². The molecule has 0 spiro atoms. The first kappa shape index (κ1) is 15.2. The monoisotopic (exact) mass is 323 g/mol. The van der Waals surface area contributed by atoms with Crippen LogP contribution < -0.4 is 0 Å². The summed E-state index contributed by atoms with van der Waals surface area (Å²) in [6.45, 7) is -0.486. The van der Waals surface area contributed by atoms with Crippen molar-refractivity contribution >= 4 is 27.6 Å². The molecule has 1 aliphatic rings. The fraction of sp³-hybridized carbons (Fsp3) is 0.364. The van der Waals surface area contributed by atoms with Crippen LogP contribution in [0.2, 0.25) is 5.02 Å². The smallest absolute Gasteiger partial charge is 0.334 e. The molecule has 1 N–H and O–H groups in total. The van der Waals surface area contributed by atoms with E-state index in [0.29, 0.717) is 0 Å². The highest BCUT2D eigenvalue weighted by Crippen LogP contribution is 2.25. The number of hydrogen-bond donors (Lipinski definition) is 1. The van der Waals surface area contributed by atoms with Gasteiger partial charge in [-0.2, -0.15) is 4.31 Å². The van der Waals surface area contributed by atoms with Crippen LogP contribution in [0.15, 0.2) is 23.1 Å². The standard InChI is InChI=1S/C11H11ClFNO5S/c12-7-2-1-3-9(10(7)13)20(17,18)14-4-5-19-8(6-14)11(15)16/h1-3,8H,4-6H2,(H,15,16). The van der Waals surface area contributed by atoms with Crippen LogP contribution in [0, 0.1) is 5.82 Å². The third kappa shape index (κ3) is 2.78. The van der Waals surface area contributed by atoms with Gasteiger partial charge in [-0.05, 0) is 12.1 Å². The molecule has 2 rings (SSSR count). The maximum atomic E-state index is 13.8. The molecule has 1 heterocycles. The predicted octanol–water partition coefficient (Wildman–Crippen LogP) is 0.953. The van der Waals surface area contributed by atoms with Gasteiger partial charge in [0.2, 0.25) is 10.0 Å². The third-order valence-corrected chi connectivity index (χ3v) is 5.01. The molecule has 9 heteroatoms. The minimum atomic E-state index is -4.15. The Labute approximate surface area is 119 Å². The molecule has 0 saturated carbocycles. The number of halogens is 2. The number of rotatable bonds is 3. The highest BCUT2D eigenvalue weighted by molar-refractivity contribution is 7.89. The van der Waals surface area contributed by atoms with E-state index >= 15 is 0 Å². The summed E-state index contributed by atoms with van der Waals surface area (Å²) in [5.74, 6) is -2.32. The number of carboxylic acids is 1. The Hall–Kier alpha value is -1.22. The molecule has 1 unspecified atom stereocenters. The van der Waals surface area contributed by atoms with E-state index in [9.17, 15) is 17.6 Å². The minimum absolute atomic E-state index is 0.0436. The molecule has 1 aliphatic heterocycles. The third-order valence-electron chi connectivity index (χ3n) is 2.84. The Balaban J connectivity index is 2.35. The quantitative estimate of drug-likeness (QED) is 0.895. The normalized spacial score (nSPS) is 20.8. The van der Waals surface area contributed by atoms with E-state index in [1.54, 1.807) is 0 Å². The van der Waals surface area contributed by atoms with Crippen molar-refractivity contribution in [1.82, 2.24) is 4.31 Å². The van der Waals surface area contributed by atoms with Crippen molar-refractivity contribution in [3.63, 3.8) is 0 Å². The summed E-state index contributed by atoms with van der Waals surface area (Å²) in [5, 5.41) is 8.54. The minimum Gasteiger partial charge on any atom is -0.479 e. The molecule has 0 bridgehead atoms. The highest BCUT2D eigenvalue weighted by Gasteiger charge is 2.35. The average molecular weight is 324 g/mol. The van der Waals surface area contributed by atoms with Crippen LogP contribution in [0.5, 0.6) is 0 Å². The molecule has 20 heavy (non-hydrogen) atoms. The zero-order valence-electron chi connectivity index (χ0n) is 10.1. The number of sulfonamides is 1. The van der Waals surface area contributed by atoms with E-state index in [2.05, 4.69) is 0 Å². The largest absolute Gasteiger partial charge is 0.479 e. The maximum absolute atomic E-state index is 13.8. The van der Waals surface area contributed by atoms with Gasteiger partial charge in [-0.1, -0.05) is 17.7 Å². The second-order valence-electron chi connectivity index (χ2n) is 4.11. The lowest BCUT2D eigenvalue weighted by Crippen LogP contribution is -2.48. The number of hydrogen-bond acceptors (Lipinski definition) is 4. The van der Waals surface area contributed by atoms with Crippen LogP contribution >= 0.6 is 11.6 Å². The summed E-state index contributed by atoms with van der Waals surface area (Å²) in [5.41, 5.74) is 0. The molecular formula is C11H11ClFNO5S. The molecule has 0 amide bonds. The summed E-state index contributed by atoms with van der Waals surface area (Å²) in [6.07, 6.45) is -1.26. The first-order chi connectivity index (χ1) is 9.34. The number of aliphatic carboxylic acids is 1. The average Bonchev–Trinajstić information content (AvgIpc) is 2.41. The topological polar surface area (TPSA) is 83.9 Å². The van der Waals surface area contributed by atoms with Gasteiger partial charge in [-0.25, -0.2) is 17.6 Å². The SMILES string of the molecule is O=C(O)C1CN(S(=O)(=O)c2cccc(Cl)c2F)CCO1. The van der Waals surface area contributed by atoms with Crippen molar-refractivity contribution in [2.45, 2.75) is 11.0 Å². The van der Waals surface area contributed by atoms with E-state index in [4.69, 9.17) is 21.4 Å². The number of ether oxygens (including phenoxy) is 1. The Bertz CT molecular complexity index is 636. The van der Waals surface area contributed by atoms with Gasteiger partial charge >= 0.3 is 5.97 Å². The van der Waals surface area contributed by atoms with Crippen LogP contribution in [-0.4, -0.2) is 49.6 Å². The lowest BCUT2D eigenvalue weighted by molar-refractivity contribution is -0.153. The number of carboxylic acid groups (broad SMARTS) is 1. The van der Waals surface area contributed by atoms with Crippen molar-refractivity contribution in [3.8, 4) is 0 Å². The van der Waals surface area contributed by atoms with E-state index in [1.165, 1.54) is 12.1 Å². The Morgan fingerprint density at radius 3 is 2.85 bits per heavy atom. The molecule has 1 aromatic rings. The second kappa shape index (κ2) is 5.65. The van der Waals surface area contributed by atoms with Gasteiger partial charge in [0.25, 0.3) is 0 Å². The molecule has 6 nitrogen and oxygen atoms in total. The molecular weight excluding hydrogens is 313 g/mol. The van der Waals surface area contributed by atoms with Gasteiger partial charge < -0.3 is 9.84 Å². The van der Waals surface area contributed by atoms with Crippen LogP contribution in [-0.2, 0) is 19.6 Å². The number of nitrogens with zero attached hydrogens (tertiary/aromatic N) is 1. The predicted molar refractivity (Wildman–Crippen MR) is 67.5 cm³/mol. The van der Waals surface area contributed by atoms with Gasteiger partial charge in [-0.3, -0.25) is 0 Å². The lowest BCUT2D eigenvalue weighted by atomic mass is 10.3. The van der Waals surface area contributed by atoms with Crippen molar-refractivity contribution < 1.29 is 27.4 Å². The molecule has 0 radical (unpaired) electrons. The van der Waals surface area contributed by atoms with Crippen LogP contribution in [0.4, 0.5) is 4.39 Å².